The van der Waals surface area contributed by atoms with E-state index in [1.807, 2.05) is 6.07 Å². The number of furan rings is 1. The average molecular weight is 275 g/mol. The van der Waals surface area contributed by atoms with Gasteiger partial charge in [0.25, 0.3) is 0 Å². The fraction of sp³-hybridized carbons (Fsp3) is 0.375. The molecule has 1 saturated carbocycles. The Morgan fingerprint density at radius 1 is 1.15 bits per heavy atom. The molecular formula is C16H18FNO2. The van der Waals surface area contributed by atoms with Gasteiger partial charge in [-0.2, -0.15) is 0 Å². The highest BCUT2D eigenvalue weighted by molar-refractivity contribution is 5.74. The van der Waals surface area contributed by atoms with Gasteiger partial charge in [-0.3, -0.25) is 0 Å². The number of hydrogen-bond acceptors (Lipinski definition) is 3. The van der Waals surface area contributed by atoms with Crippen molar-refractivity contribution in [2.45, 2.75) is 37.8 Å². The van der Waals surface area contributed by atoms with Crippen LogP contribution < -0.4 is 5.32 Å². The molecule has 0 aliphatic heterocycles. The number of benzene rings is 1. The molecule has 0 radical (unpaired) electrons. The SMILES string of the molecule is OC1CCC(Nc2ccc(F)cc2-c2ccco2)CC1. The molecule has 4 heteroatoms. The van der Waals surface area contributed by atoms with Crippen LogP contribution in [0.5, 0.6) is 0 Å². The highest BCUT2D eigenvalue weighted by Gasteiger charge is 2.20. The van der Waals surface area contributed by atoms with Crippen LogP contribution in [-0.2, 0) is 0 Å². The van der Waals surface area contributed by atoms with Crippen LogP contribution in [0.4, 0.5) is 10.1 Å². The van der Waals surface area contributed by atoms with Crippen molar-refractivity contribution in [1.82, 2.24) is 0 Å². The predicted octanol–water partition coefficient (Wildman–Crippen LogP) is 3.80. The smallest absolute Gasteiger partial charge is 0.136 e. The minimum absolute atomic E-state index is 0.175. The van der Waals surface area contributed by atoms with E-state index in [9.17, 15) is 9.50 Å². The molecule has 1 aromatic carbocycles. The van der Waals surface area contributed by atoms with Crippen LogP contribution in [-0.4, -0.2) is 17.3 Å². The van der Waals surface area contributed by atoms with Crippen LogP contribution >= 0.6 is 0 Å². The molecule has 0 unspecified atom stereocenters. The second kappa shape index (κ2) is 5.67. The summed E-state index contributed by atoms with van der Waals surface area (Å²) in [6, 6.07) is 8.62. The van der Waals surface area contributed by atoms with Gasteiger partial charge in [0.2, 0.25) is 0 Å². The van der Waals surface area contributed by atoms with E-state index in [-0.39, 0.29) is 11.9 Å². The quantitative estimate of drug-likeness (QED) is 0.895. The lowest BCUT2D eigenvalue weighted by Gasteiger charge is -2.27. The van der Waals surface area contributed by atoms with Gasteiger partial charge in [0.15, 0.2) is 0 Å². The molecule has 1 fully saturated rings. The lowest BCUT2D eigenvalue weighted by atomic mass is 9.92. The lowest BCUT2D eigenvalue weighted by Crippen LogP contribution is -2.28. The van der Waals surface area contributed by atoms with Crippen LogP contribution in [0, 0.1) is 5.82 Å². The highest BCUT2D eigenvalue weighted by atomic mass is 19.1. The Kier molecular flexibility index (Phi) is 3.74. The number of nitrogens with one attached hydrogen (secondary N) is 1. The normalized spacial score (nSPS) is 22.7. The first-order valence-corrected chi connectivity index (χ1v) is 7.00. The van der Waals surface area contributed by atoms with Gasteiger partial charge < -0.3 is 14.8 Å². The van der Waals surface area contributed by atoms with E-state index >= 15 is 0 Å². The fourth-order valence-corrected chi connectivity index (χ4v) is 2.72. The number of aliphatic hydroxyl groups excluding tert-OH is 1. The fourth-order valence-electron chi connectivity index (χ4n) is 2.72. The van der Waals surface area contributed by atoms with Crippen molar-refractivity contribution < 1.29 is 13.9 Å². The Morgan fingerprint density at radius 2 is 1.95 bits per heavy atom. The van der Waals surface area contributed by atoms with E-state index in [0.717, 1.165) is 36.9 Å². The van der Waals surface area contributed by atoms with Crippen molar-refractivity contribution in [3.8, 4) is 11.3 Å². The standard InChI is InChI=1S/C16H18FNO2/c17-11-3-8-15(14(10-11)16-2-1-9-20-16)18-12-4-6-13(19)7-5-12/h1-3,8-10,12-13,18-19H,4-7H2. The largest absolute Gasteiger partial charge is 0.464 e. The second-order valence-corrected chi connectivity index (χ2v) is 5.32. The summed E-state index contributed by atoms with van der Waals surface area (Å²) in [4.78, 5) is 0. The van der Waals surface area contributed by atoms with Gasteiger partial charge in [0, 0.05) is 17.3 Å². The predicted molar refractivity (Wildman–Crippen MR) is 76.0 cm³/mol. The Labute approximate surface area is 117 Å². The van der Waals surface area contributed by atoms with Gasteiger partial charge in [-0.05, 0) is 56.0 Å². The molecule has 1 heterocycles. The summed E-state index contributed by atoms with van der Waals surface area (Å²) in [5.74, 6) is 0.379. The van der Waals surface area contributed by atoms with Crippen molar-refractivity contribution in [3.05, 3.63) is 42.4 Å². The molecule has 2 aromatic rings. The monoisotopic (exact) mass is 275 g/mol. The van der Waals surface area contributed by atoms with Gasteiger partial charge in [-0.15, -0.1) is 0 Å². The first-order chi connectivity index (χ1) is 9.72. The summed E-state index contributed by atoms with van der Waals surface area (Å²) in [6.07, 6.45) is 4.89. The van der Waals surface area contributed by atoms with E-state index in [1.54, 1.807) is 18.4 Å². The summed E-state index contributed by atoms with van der Waals surface area (Å²) in [6.45, 7) is 0. The van der Waals surface area contributed by atoms with Gasteiger partial charge in [-0.25, -0.2) is 4.39 Å². The second-order valence-electron chi connectivity index (χ2n) is 5.32. The van der Waals surface area contributed by atoms with Crippen molar-refractivity contribution in [2.75, 3.05) is 5.32 Å². The summed E-state index contributed by atoms with van der Waals surface area (Å²) in [7, 11) is 0. The van der Waals surface area contributed by atoms with E-state index in [2.05, 4.69) is 5.32 Å². The van der Waals surface area contributed by atoms with E-state index in [0.29, 0.717) is 11.8 Å². The Morgan fingerprint density at radius 3 is 2.65 bits per heavy atom. The molecule has 0 bridgehead atoms. The number of halogens is 1. The lowest BCUT2D eigenvalue weighted by molar-refractivity contribution is 0.126. The summed E-state index contributed by atoms with van der Waals surface area (Å²) in [5, 5.41) is 13.0. The first kappa shape index (κ1) is 13.2. The van der Waals surface area contributed by atoms with Crippen LogP contribution in [0.25, 0.3) is 11.3 Å². The van der Waals surface area contributed by atoms with E-state index < -0.39 is 0 Å². The molecule has 3 nitrogen and oxygen atoms in total. The topological polar surface area (TPSA) is 45.4 Å². The molecule has 0 saturated heterocycles. The van der Waals surface area contributed by atoms with Gasteiger partial charge in [0.1, 0.15) is 11.6 Å². The van der Waals surface area contributed by atoms with Crippen molar-refractivity contribution in [3.63, 3.8) is 0 Å². The van der Waals surface area contributed by atoms with Gasteiger partial charge in [0.05, 0.1) is 12.4 Å². The highest BCUT2D eigenvalue weighted by Crippen LogP contribution is 2.31. The third-order valence-electron chi connectivity index (χ3n) is 3.82. The zero-order valence-corrected chi connectivity index (χ0v) is 11.2. The maximum atomic E-state index is 13.5. The van der Waals surface area contributed by atoms with Crippen LogP contribution in [0.15, 0.2) is 41.0 Å². The molecule has 0 atom stereocenters. The third kappa shape index (κ3) is 2.85. The van der Waals surface area contributed by atoms with Crippen molar-refractivity contribution >= 4 is 5.69 Å². The molecule has 2 N–H and O–H groups in total. The molecule has 3 rings (SSSR count). The first-order valence-electron chi connectivity index (χ1n) is 7.00. The zero-order valence-electron chi connectivity index (χ0n) is 11.2. The Balaban J connectivity index is 1.82. The van der Waals surface area contributed by atoms with Gasteiger partial charge >= 0.3 is 0 Å². The van der Waals surface area contributed by atoms with E-state index in [1.165, 1.54) is 12.1 Å². The van der Waals surface area contributed by atoms with Crippen LogP contribution in [0.2, 0.25) is 0 Å². The number of aliphatic hydroxyl groups is 1. The third-order valence-corrected chi connectivity index (χ3v) is 3.82. The molecule has 0 spiro atoms. The molecule has 1 aromatic heterocycles. The molecule has 1 aliphatic carbocycles. The number of rotatable bonds is 3. The maximum Gasteiger partial charge on any atom is 0.136 e. The molecule has 0 amide bonds. The maximum absolute atomic E-state index is 13.5. The zero-order chi connectivity index (χ0) is 13.9. The summed E-state index contributed by atoms with van der Waals surface area (Å²) in [5.41, 5.74) is 1.61. The number of anilines is 1. The Hall–Kier alpha value is -1.81. The van der Waals surface area contributed by atoms with Crippen LogP contribution in [0.3, 0.4) is 0 Å². The number of hydrogen-bond donors (Lipinski definition) is 2. The van der Waals surface area contributed by atoms with Crippen molar-refractivity contribution in [2.24, 2.45) is 0 Å². The summed E-state index contributed by atoms with van der Waals surface area (Å²) >= 11 is 0. The van der Waals surface area contributed by atoms with Crippen LogP contribution in [0.1, 0.15) is 25.7 Å². The minimum atomic E-state index is -0.277. The summed E-state index contributed by atoms with van der Waals surface area (Å²) < 4.78 is 18.8. The van der Waals surface area contributed by atoms with Crippen molar-refractivity contribution in [1.29, 1.82) is 0 Å². The Bertz CT molecular complexity index is 560. The molecular weight excluding hydrogens is 257 g/mol. The molecule has 1 aliphatic rings. The van der Waals surface area contributed by atoms with E-state index in [4.69, 9.17) is 4.42 Å². The minimum Gasteiger partial charge on any atom is -0.464 e. The molecule has 106 valence electrons. The average Bonchev–Trinajstić information content (AvgIpc) is 2.97. The molecule has 20 heavy (non-hydrogen) atoms. The van der Waals surface area contributed by atoms with Gasteiger partial charge in [-0.1, -0.05) is 0 Å².